The summed E-state index contributed by atoms with van der Waals surface area (Å²) in [4.78, 5) is 33.1. The third-order valence-electron chi connectivity index (χ3n) is 6.26. The standard InChI is InChI=1S/C27H24N2O2/c1-18-11-12-25-24(16-18)23(13-14-28-25)27(31)29-15-5-8-20(17-29)26(30)22-10-4-7-19-6-2-3-9-21(19)22/h2-4,6-7,9-14,16,20H,5,8,15,17H2,1H3/t20-/m0/s1. The molecule has 0 radical (unpaired) electrons. The SMILES string of the molecule is Cc1ccc2nccc(C(=O)N3CCC[C@H](C(=O)c4cccc5ccccc45)C3)c2c1. The number of nitrogens with zero attached hydrogens (tertiary/aromatic N) is 2. The van der Waals surface area contributed by atoms with E-state index in [4.69, 9.17) is 0 Å². The van der Waals surface area contributed by atoms with Crippen LogP contribution in [0.4, 0.5) is 0 Å². The smallest absolute Gasteiger partial charge is 0.254 e. The molecule has 4 aromatic rings. The Bertz CT molecular complexity index is 1310. The summed E-state index contributed by atoms with van der Waals surface area (Å²) >= 11 is 0. The number of benzene rings is 3. The molecule has 5 rings (SSSR count). The lowest BCUT2D eigenvalue weighted by atomic mass is 9.87. The number of likely N-dealkylation sites (tertiary alicyclic amines) is 1. The Kier molecular flexibility index (Phi) is 4.99. The minimum Gasteiger partial charge on any atom is -0.338 e. The Morgan fingerprint density at radius 3 is 2.68 bits per heavy atom. The molecule has 2 heterocycles. The normalized spacial score (nSPS) is 16.5. The molecule has 1 aliphatic heterocycles. The van der Waals surface area contributed by atoms with Gasteiger partial charge < -0.3 is 4.90 Å². The summed E-state index contributed by atoms with van der Waals surface area (Å²) < 4.78 is 0. The molecule has 31 heavy (non-hydrogen) atoms. The second-order valence-electron chi connectivity index (χ2n) is 8.36. The van der Waals surface area contributed by atoms with Crippen LogP contribution in [0.2, 0.25) is 0 Å². The van der Waals surface area contributed by atoms with Crippen LogP contribution in [0.5, 0.6) is 0 Å². The van der Waals surface area contributed by atoms with E-state index in [-0.39, 0.29) is 17.6 Å². The van der Waals surface area contributed by atoms with Gasteiger partial charge in [-0.05, 0) is 48.7 Å². The fourth-order valence-corrected chi connectivity index (χ4v) is 4.65. The number of carbonyl (C=O) groups excluding carboxylic acids is 2. The number of rotatable bonds is 3. The van der Waals surface area contributed by atoms with Crippen molar-refractivity contribution in [3.8, 4) is 0 Å². The number of fused-ring (bicyclic) bond motifs is 2. The number of hydrogen-bond acceptors (Lipinski definition) is 3. The number of aromatic nitrogens is 1. The van der Waals surface area contributed by atoms with Gasteiger partial charge in [-0.3, -0.25) is 14.6 Å². The van der Waals surface area contributed by atoms with E-state index in [1.807, 2.05) is 72.5 Å². The van der Waals surface area contributed by atoms with E-state index in [1.165, 1.54) is 0 Å². The van der Waals surface area contributed by atoms with Gasteiger partial charge in [0.2, 0.25) is 0 Å². The summed E-state index contributed by atoms with van der Waals surface area (Å²) in [6.45, 7) is 3.14. The highest BCUT2D eigenvalue weighted by Gasteiger charge is 2.30. The number of aryl methyl sites for hydroxylation is 1. The summed E-state index contributed by atoms with van der Waals surface area (Å²) in [7, 11) is 0. The van der Waals surface area contributed by atoms with Crippen LogP contribution in [0.1, 0.15) is 39.1 Å². The maximum absolute atomic E-state index is 13.4. The minimum atomic E-state index is -0.182. The molecule has 4 nitrogen and oxygen atoms in total. The molecule has 0 aliphatic carbocycles. The average molecular weight is 409 g/mol. The van der Waals surface area contributed by atoms with E-state index >= 15 is 0 Å². The molecule has 3 aromatic carbocycles. The molecular weight excluding hydrogens is 384 g/mol. The van der Waals surface area contributed by atoms with Crippen molar-refractivity contribution in [1.29, 1.82) is 0 Å². The van der Waals surface area contributed by atoms with Crippen molar-refractivity contribution in [2.24, 2.45) is 5.92 Å². The first-order valence-corrected chi connectivity index (χ1v) is 10.8. The fraction of sp³-hybridized carbons (Fsp3) is 0.222. The Morgan fingerprint density at radius 2 is 1.77 bits per heavy atom. The summed E-state index contributed by atoms with van der Waals surface area (Å²) in [5.74, 6) is -0.0727. The number of amides is 1. The zero-order valence-electron chi connectivity index (χ0n) is 17.5. The number of Topliss-reactive ketones (excluding diaryl/α,β-unsaturated/α-hetero) is 1. The van der Waals surface area contributed by atoms with Crippen LogP contribution in [0.3, 0.4) is 0 Å². The van der Waals surface area contributed by atoms with Crippen molar-refractivity contribution in [2.45, 2.75) is 19.8 Å². The number of pyridine rings is 1. The van der Waals surface area contributed by atoms with Crippen molar-refractivity contribution in [1.82, 2.24) is 9.88 Å². The highest BCUT2D eigenvalue weighted by Crippen LogP contribution is 2.28. The molecule has 0 saturated carbocycles. The average Bonchev–Trinajstić information content (AvgIpc) is 2.82. The van der Waals surface area contributed by atoms with Gasteiger partial charge in [0.05, 0.1) is 11.1 Å². The Balaban J connectivity index is 1.44. The van der Waals surface area contributed by atoms with Gasteiger partial charge in [0.25, 0.3) is 5.91 Å². The predicted octanol–water partition coefficient (Wildman–Crippen LogP) is 5.43. The van der Waals surface area contributed by atoms with Gasteiger partial charge in [0, 0.05) is 36.2 Å². The van der Waals surface area contributed by atoms with Gasteiger partial charge in [0.1, 0.15) is 0 Å². The first kappa shape index (κ1) is 19.4. The number of ketones is 1. The molecule has 1 saturated heterocycles. The zero-order chi connectivity index (χ0) is 21.4. The van der Waals surface area contributed by atoms with Gasteiger partial charge in [-0.25, -0.2) is 0 Å². The second-order valence-corrected chi connectivity index (χ2v) is 8.36. The van der Waals surface area contributed by atoms with Crippen LogP contribution in [0, 0.1) is 12.8 Å². The monoisotopic (exact) mass is 408 g/mol. The number of piperidine rings is 1. The predicted molar refractivity (Wildman–Crippen MR) is 123 cm³/mol. The first-order valence-electron chi connectivity index (χ1n) is 10.8. The van der Waals surface area contributed by atoms with E-state index < -0.39 is 0 Å². The third kappa shape index (κ3) is 3.59. The number of carbonyl (C=O) groups is 2. The lowest BCUT2D eigenvalue weighted by Crippen LogP contribution is -2.42. The summed E-state index contributed by atoms with van der Waals surface area (Å²) in [6, 6.07) is 21.6. The Morgan fingerprint density at radius 1 is 0.935 bits per heavy atom. The van der Waals surface area contributed by atoms with Gasteiger partial charge in [0.15, 0.2) is 5.78 Å². The maximum Gasteiger partial charge on any atom is 0.254 e. The van der Waals surface area contributed by atoms with E-state index in [0.29, 0.717) is 18.7 Å². The van der Waals surface area contributed by atoms with Crippen LogP contribution in [-0.4, -0.2) is 34.7 Å². The van der Waals surface area contributed by atoms with Gasteiger partial charge in [-0.15, -0.1) is 0 Å². The molecule has 4 heteroatoms. The number of hydrogen-bond donors (Lipinski definition) is 0. The molecular formula is C27H24N2O2. The molecule has 1 amide bonds. The summed E-state index contributed by atoms with van der Waals surface area (Å²) in [5, 5.41) is 2.92. The molecule has 0 N–H and O–H groups in total. The van der Waals surface area contributed by atoms with Crippen LogP contribution in [-0.2, 0) is 0 Å². The maximum atomic E-state index is 13.4. The largest absolute Gasteiger partial charge is 0.338 e. The lowest BCUT2D eigenvalue weighted by Gasteiger charge is -2.32. The fourth-order valence-electron chi connectivity index (χ4n) is 4.65. The highest BCUT2D eigenvalue weighted by atomic mass is 16.2. The lowest BCUT2D eigenvalue weighted by molar-refractivity contribution is 0.0639. The van der Waals surface area contributed by atoms with Crippen molar-refractivity contribution < 1.29 is 9.59 Å². The van der Waals surface area contributed by atoms with E-state index in [9.17, 15) is 9.59 Å². The van der Waals surface area contributed by atoms with Crippen molar-refractivity contribution in [2.75, 3.05) is 13.1 Å². The zero-order valence-corrected chi connectivity index (χ0v) is 17.5. The molecule has 154 valence electrons. The van der Waals surface area contributed by atoms with Crippen molar-refractivity contribution in [3.63, 3.8) is 0 Å². The van der Waals surface area contributed by atoms with Gasteiger partial charge in [-0.1, -0.05) is 54.1 Å². The van der Waals surface area contributed by atoms with Crippen molar-refractivity contribution in [3.05, 3.63) is 89.6 Å². The Hall–Kier alpha value is -3.53. The third-order valence-corrected chi connectivity index (χ3v) is 6.26. The van der Waals surface area contributed by atoms with E-state index in [2.05, 4.69) is 4.98 Å². The molecule has 0 unspecified atom stereocenters. The van der Waals surface area contributed by atoms with E-state index in [1.54, 1.807) is 12.3 Å². The summed E-state index contributed by atoms with van der Waals surface area (Å²) in [5.41, 5.74) is 3.32. The quantitative estimate of drug-likeness (QED) is 0.425. The van der Waals surface area contributed by atoms with Crippen LogP contribution >= 0.6 is 0 Å². The van der Waals surface area contributed by atoms with Crippen LogP contribution < -0.4 is 0 Å². The van der Waals surface area contributed by atoms with Crippen molar-refractivity contribution >= 4 is 33.4 Å². The van der Waals surface area contributed by atoms with Crippen LogP contribution in [0.25, 0.3) is 21.7 Å². The molecule has 1 fully saturated rings. The topological polar surface area (TPSA) is 50.3 Å². The van der Waals surface area contributed by atoms with Crippen LogP contribution in [0.15, 0.2) is 72.9 Å². The van der Waals surface area contributed by atoms with Gasteiger partial charge >= 0.3 is 0 Å². The highest BCUT2D eigenvalue weighted by molar-refractivity contribution is 6.10. The Labute approximate surface area is 181 Å². The van der Waals surface area contributed by atoms with Gasteiger partial charge in [-0.2, -0.15) is 0 Å². The molecule has 0 bridgehead atoms. The minimum absolute atomic E-state index is 0.0200. The molecule has 0 spiro atoms. The molecule has 1 atom stereocenters. The second kappa shape index (κ2) is 7.95. The molecule has 1 aromatic heterocycles. The first-order chi connectivity index (χ1) is 15.1. The molecule has 1 aliphatic rings. The van der Waals surface area contributed by atoms with E-state index in [0.717, 1.165) is 45.6 Å². The summed E-state index contributed by atoms with van der Waals surface area (Å²) in [6.07, 6.45) is 3.32.